The van der Waals surface area contributed by atoms with Crippen LogP contribution in [-0.4, -0.2) is 28.1 Å². The molecule has 1 atom stereocenters. The Balaban J connectivity index is 1.76. The van der Waals surface area contributed by atoms with Crippen molar-refractivity contribution in [2.75, 3.05) is 23.3 Å². The van der Waals surface area contributed by atoms with Gasteiger partial charge in [-0.1, -0.05) is 30.3 Å². The Hall–Kier alpha value is -3.02. The average Bonchev–Trinajstić information content (AvgIpc) is 3.32. The second-order valence-corrected chi connectivity index (χ2v) is 7.57. The van der Waals surface area contributed by atoms with Crippen LogP contribution >= 0.6 is 0 Å². The van der Waals surface area contributed by atoms with Crippen LogP contribution in [0.25, 0.3) is 11.0 Å². The third kappa shape index (κ3) is 3.09. The Bertz CT molecular complexity index is 1080. The summed E-state index contributed by atoms with van der Waals surface area (Å²) in [7, 11) is 3.55. The van der Waals surface area contributed by atoms with E-state index < -0.39 is 0 Å². The molecule has 1 aliphatic heterocycles. The summed E-state index contributed by atoms with van der Waals surface area (Å²) in [6, 6.07) is 13.7. The molecule has 0 saturated carbocycles. The number of aromatic nitrogens is 2. The van der Waals surface area contributed by atoms with Crippen molar-refractivity contribution in [2.24, 2.45) is 14.1 Å². The third-order valence-corrected chi connectivity index (χ3v) is 5.79. The summed E-state index contributed by atoms with van der Waals surface area (Å²) in [6.45, 7) is 3.84. The van der Waals surface area contributed by atoms with Gasteiger partial charge in [0.25, 0.3) is 0 Å². The molecule has 0 radical (unpaired) electrons. The lowest BCUT2D eigenvalue weighted by Crippen LogP contribution is -2.23. The van der Waals surface area contributed by atoms with Gasteiger partial charge in [-0.2, -0.15) is 0 Å². The van der Waals surface area contributed by atoms with Crippen LogP contribution in [0.5, 0.6) is 0 Å². The molecule has 4 rings (SSSR count). The van der Waals surface area contributed by atoms with Crippen LogP contribution in [0.3, 0.4) is 0 Å². The summed E-state index contributed by atoms with van der Waals surface area (Å²) in [5.41, 5.74) is 4.37. The van der Waals surface area contributed by atoms with Crippen LogP contribution in [0.1, 0.15) is 31.2 Å². The lowest BCUT2D eigenvalue weighted by Gasteiger charge is -2.23. The number of anilines is 2. The van der Waals surface area contributed by atoms with Crippen molar-refractivity contribution in [2.45, 2.75) is 25.7 Å². The summed E-state index contributed by atoms with van der Waals surface area (Å²) in [5, 5.41) is 3.13. The third-order valence-electron chi connectivity index (χ3n) is 5.79. The summed E-state index contributed by atoms with van der Waals surface area (Å²) in [5.74, 6) is -0.310. The number of imidazole rings is 1. The Kier molecular flexibility index (Phi) is 4.71. The smallest absolute Gasteiger partial charge is 0.328 e. The molecule has 0 unspecified atom stereocenters. The van der Waals surface area contributed by atoms with Gasteiger partial charge in [-0.3, -0.25) is 13.9 Å². The number of carbonyl (C=O) groups excluding carboxylic acids is 1. The minimum atomic E-state index is -0.261. The van der Waals surface area contributed by atoms with Gasteiger partial charge in [0.15, 0.2) is 0 Å². The van der Waals surface area contributed by atoms with Gasteiger partial charge < -0.3 is 10.2 Å². The van der Waals surface area contributed by atoms with E-state index in [4.69, 9.17) is 0 Å². The highest BCUT2D eigenvalue weighted by molar-refractivity contribution is 6.01. The zero-order valence-electron chi connectivity index (χ0n) is 16.6. The summed E-state index contributed by atoms with van der Waals surface area (Å²) < 4.78 is 3.28. The van der Waals surface area contributed by atoms with Crippen molar-refractivity contribution in [3.63, 3.8) is 0 Å². The van der Waals surface area contributed by atoms with E-state index >= 15 is 0 Å². The molecule has 0 bridgehead atoms. The highest BCUT2D eigenvalue weighted by Gasteiger charge is 2.22. The van der Waals surface area contributed by atoms with Crippen molar-refractivity contribution >= 4 is 28.3 Å². The van der Waals surface area contributed by atoms with Gasteiger partial charge in [0.05, 0.1) is 28.3 Å². The van der Waals surface area contributed by atoms with E-state index in [9.17, 15) is 9.59 Å². The summed E-state index contributed by atoms with van der Waals surface area (Å²) in [6.07, 6.45) is 2.28. The van der Waals surface area contributed by atoms with E-state index in [1.54, 1.807) is 23.2 Å². The van der Waals surface area contributed by atoms with Crippen LogP contribution in [0.15, 0.2) is 47.3 Å². The molecular weight excluding hydrogens is 352 g/mol. The highest BCUT2D eigenvalue weighted by atomic mass is 16.2. The predicted molar refractivity (Wildman–Crippen MR) is 113 cm³/mol. The molecule has 28 heavy (non-hydrogen) atoms. The Morgan fingerprint density at radius 3 is 2.25 bits per heavy atom. The minimum absolute atomic E-state index is 0.0491. The van der Waals surface area contributed by atoms with Crippen molar-refractivity contribution in [3.05, 3.63) is 58.5 Å². The number of amides is 1. The number of rotatable bonds is 4. The van der Waals surface area contributed by atoms with Crippen LogP contribution in [0.4, 0.5) is 11.4 Å². The molecule has 1 aliphatic rings. The number of fused-ring (bicyclic) bond motifs is 1. The van der Waals surface area contributed by atoms with Gasteiger partial charge in [0.2, 0.25) is 5.91 Å². The van der Waals surface area contributed by atoms with E-state index in [1.807, 2.05) is 49.4 Å². The summed E-state index contributed by atoms with van der Waals surface area (Å²) >= 11 is 0. The van der Waals surface area contributed by atoms with Crippen molar-refractivity contribution in [3.8, 4) is 0 Å². The number of benzene rings is 2. The quantitative estimate of drug-likeness (QED) is 0.758. The molecule has 6 heteroatoms. The molecule has 0 aliphatic carbocycles. The zero-order chi connectivity index (χ0) is 19.8. The van der Waals surface area contributed by atoms with Crippen molar-refractivity contribution < 1.29 is 4.79 Å². The van der Waals surface area contributed by atoms with E-state index in [0.29, 0.717) is 0 Å². The van der Waals surface area contributed by atoms with E-state index in [0.717, 1.165) is 53.9 Å². The fraction of sp³-hybridized carbons (Fsp3) is 0.364. The monoisotopic (exact) mass is 378 g/mol. The number of nitrogens with one attached hydrogen (secondary N) is 1. The van der Waals surface area contributed by atoms with Gasteiger partial charge in [0, 0.05) is 27.2 Å². The van der Waals surface area contributed by atoms with Crippen LogP contribution in [0.2, 0.25) is 0 Å². The molecule has 3 aromatic rings. The van der Waals surface area contributed by atoms with E-state index in [2.05, 4.69) is 10.2 Å². The molecule has 1 aromatic heterocycles. The zero-order valence-corrected chi connectivity index (χ0v) is 16.6. The van der Waals surface area contributed by atoms with Crippen LogP contribution in [-0.2, 0) is 18.9 Å². The first-order valence-corrected chi connectivity index (χ1v) is 9.77. The Labute approximate surface area is 164 Å². The first-order chi connectivity index (χ1) is 13.5. The topological polar surface area (TPSA) is 59.3 Å². The van der Waals surface area contributed by atoms with Gasteiger partial charge in [-0.25, -0.2) is 4.79 Å². The molecule has 2 heterocycles. The maximum Gasteiger partial charge on any atom is 0.328 e. The number of carbonyl (C=O) groups is 1. The molecular formula is C22H26N4O2. The van der Waals surface area contributed by atoms with E-state index in [1.165, 1.54) is 0 Å². The largest absolute Gasteiger partial charge is 0.370 e. The van der Waals surface area contributed by atoms with Gasteiger partial charge >= 0.3 is 5.69 Å². The SMILES string of the molecule is C[C@H](C(=O)Nc1cc2c(cc1N1CCCC1)n(C)c(=O)n2C)c1ccccc1. The standard InChI is InChI=1S/C22H26N4O2/c1-15(16-9-5-4-6-10-16)21(27)23-17-13-19-20(25(3)22(28)24(19)2)14-18(17)26-11-7-8-12-26/h4-6,9-10,13-15H,7-8,11-12H2,1-3H3,(H,23,27)/t15-/m0/s1. The lowest BCUT2D eigenvalue weighted by molar-refractivity contribution is -0.117. The van der Waals surface area contributed by atoms with Crippen molar-refractivity contribution in [1.82, 2.24) is 9.13 Å². The number of aryl methyl sites for hydroxylation is 2. The first kappa shape index (κ1) is 18.3. The lowest BCUT2D eigenvalue weighted by atomic mass is 10.0. The molecule has 0 spiro atoms. The second-order valence-electron chi connectivity index (χ2n) is 7.57. The molecule has 2 aromatic carbocycles. The predicted octanol–water partition coefficient (Wildman–Crippen LogP) is 3.22. The fourth-order valence-electron chi connectivity index (χ4n) is 3.99. The summed E-state index contributed by atoms with van der Waals surface area (Å²) in [4.78, 5) is 27.6. The molecule has 6 nitrogen and oxygen atoms in total. The minimum Gasteiger partial charge on any atom is -0.370 e. The molecule has 1 amide bonds. The number of hydrogen-bond acceptors (Lipinski definition) is 3. The number of nitrogens with zero attached hydrogens (tertiary/aromatic N) is 3. The van der Waals surface area contributed by atoms with Gasteiger partial charge in [-0.05, 0) is 37.5 Å². The maximum absolute atomic E-state index is 13.0. The number of hydrogen-bond donors (Lipinski definition) is 1. The Morgan fingerprint density at radius 1 is 1.00 bits per heavy atom. The van der Waals surface area contributed by atoms with Crippen LogP contribution in [0, 0.1) is 0 Å². The Morgan fingerprint density at radius 2 is 1.61 bits per heavy atom. The van der Waals surface area contributed by atoms with E-state index in [-0.39, 0.29) is 17.5 Å². The van der Waals surface area contributed by atoms with Crippen LogP contribution < -0.4 is 15.9 Å². The highest BCUT2D eigenvalue weighted by Crippen LogP contribution is 2.34. The fourth-order valence-corrected chi connectivity index (χ4v) is 3.99. The normalized spacial score (nSPS) is 15.2. The molecule has 1 N–H and O–H groups in total. The molecule has 1 fully saturated rings. The molecule has 1 saturated heterocycles. The second kappa shape index (κ2) is 7.19. The van der Waals surface area contributed by atoms with Gasteiger partial charge in [-0.15, -0.1) is 0 Å². The maximum atomic E-state index is 13.0. The van der Waals surface area contributed by atoms with Crippen molar-refractivity contribution in [1.29, 1.82) is 0 Å². The molecule has 146 valence electrons. The average molecular weight is 378 g/mol. The first-order valence-electron chi connectivity index (χ1n) is 9.77. The van der Waals surface area contributed by atoms with Gasteiger partial charge in [0.1, 0.15) is 0 Å².